The highest BCUT2D eigenvalue weighted by Crippen LogP contribution is 2.62. The molecule has 0 saturated heterocycles. The molecule has 0 aliphatic carbocycles. The highest BCUT2D eigenvalue weighted by atomic mass is 31.2. The standard InChI is InChI=1S/C20H26NO5P/c1-14(2)25-27(24,26-15(3)4)19(16-8-6-5-7-9-16)21-18-12-10-17(11-13-18)20(22)23/h5-15,19,21H,1-4H3,(H,22,23)/p-1/t19-/m1/s1. The van der Waals surface area contributed by atoms with Crippen molar-refractivity contribution in [2.24, 2.45) is 0 Å². The third-order valence-electron chi connectivity index (χ3n) is 3.57. The van der Waals surface area contributed by atoms with Crippen LogP contribution in [0.3, 0.4) is 0 Å². The van der Waals surface area contributed by atoms with Gasteiger partial charge in [-0.15, -0.1) is 0 Å². The summed E-state index contributed by atoms with van der Waals surface area (Å²) < 4.78 is 25.2. The van der Waals surface area contributed by atoms with Crippen molar-refractivity contribution in [3.05, 3.63) is 65.7 Å². The Hall–Kier alpha value is -2.14. The Morgan fingerprint density at radius 2 is 1.44 bits per heavy atom. The SMILES string of the molecule is CC(C)OP(=O)(OC(C)C)[C@@H](Nc1ccc(C(=O)[O-])cc1)c1ccccc1. The summed E-state index contributed by atoms with van der Waals surface area (Å²) in [5.74, 6) is -2.00. The highest BCUT2D eigenvalue weighted by Gasteiger charge is 2.39. The topological polar surface area (TPSA) is 87.7 Å². The average molecular weight is 390 g/mol. The minimum atomic E-state index is -3.60. The number of nitrogens with one attached hydrogen (secondary N) is 1. The molecule has 0 aromatic heterocycles. The van der Waals surface area contributed by atoms with Crippen molar-refractivity contribution >= 4 is 19.3 Å². The van der Waals surface area contributed by atoms with Crippen LogP contribution in [0.4, 0.5) is 5.69 Å². The number of rotatable bonds is 9. The van der Waals surface area contributed by atoms with Gasteiger partial charge in [0, 0.05) is 5.69 Å². The lowest BCUT2D eigenvalue weighted by atomic mass is 10.2. The van der Waals surface area contributed by atoms with Crippen LogP contribution in [0.1, 0.15) is 49.4 Å². The van der Waals surface area contributed by atoms with Gasteiger partial charge in [-0.1, -0.05) is 42.5 Å². The van der Waals surface area contributed by atoms with Crippen molar-refractivity contribution in [2.45, 2.75) is 45.7 Å². The lowest BCUT2D eigenvalue weighted by molar-refractivity contribution is -0.255. The van der Waals surface area contributed by atoms with Crippen LogP contribution >= 0.6 is 7.60 Å². The van der Waals surface area contributed by atoms with Crippen LogP contribution in [-0.2, 0) is 13.6 Å². The second-order valence-electron chi connectivity index (χ2n) is 6.67. The van der Waals surface area contributed by atoms with Gasteiger partial charge in [0.25, 0.3) is 0 Å². The van der Waals surface area contributed by atoms with Gasteiger partial charge in [0.15, 0.2) is 5.78 Å². The Morgan fingerprint density at radius 3 is 1.89 bits per heavy atom. The minimum Gasteiger partial charge on any atom is -0.545 e. The van der Waals surface area contributed by atoms with Gasteiger partial charge in [0.05, 0.1) is 18.2 Å². The minimum absolute atomic E-state index is 0.0665. The molecule has 1 N–H and O–H groups in total. The fraction of sp³-hybridized carbons (Fsp3) is 0.350. The number of anilines is 1. The first-order chi connectivity index (χ1) is 12.7. The predicted molar refractivity (Wildman–Crippen MR) is 104 cm³/mol. The van der Waals surface area contributed by atoms with Gasteiger partial charge in [0.1, 0.15) is 0 Å². The summed E-state index contributed by atoms with van der Waals surface area (Å²) >= 11 is 0. The molecule has 0 unspecified atom stereocenters. The third-order valence-corrected chi connectivity index (χ3v) is 6.06. The molecule has 1 atom stereocenters. The monoisotopic (exact) mass is 390 g/mol. The van der Waals surface area contributed by atoms with Crippen LogP contribution in [0.2, 0.25) is 0 Å². The molecular formula is C20H25NO5P-. The molecule has 146 valence electrons. The van der Waals surface area contributed by atoms with Gasteiger partial charge in [-0.25, -0.2) is 0 Å². The van der Waals surface area contributed by atoms with E-state index >= 15 is 0 Å². The number of benzene rings is 2. The molecule has 0 spiro atoms. The number of aromatic carboxylic acids is 1. The maximum absolute atomic E-state index is 13.7. The van der Waals surface area contributed by atoms with E-state index in [0.717, 1.165) is 5.56 Å². The summed E-state index contributed by atoms with van der Waals surface area (Å²) in [6.45, 7) is 7.19. The van der Waals surface area contributed by atoms with E-state index < -0.39 is 19.3 Å². The lowest BCUT2D eigenvalue weighted by Gasteiger charge is -2.31. The molecular weight excluding hydrogens is 365 g/mol. The predicted octanol–water partition coefficient (Wildman–Crippen LogP) is 4.20. The number of hydrogen-bond acceptors (Lipinski definition) is 6. The van der Waals surface area contributed by atoms with Gasteiger partial charge < -0.3 is 24.3 Å². The van der Waals surface area contributed by atoms with Gasteiger partial charge in [0.2, 0.25) is 0 Å². The van der Waals surface area contributed by atoms with Crippen molar-refractivity contribution in [3.8, 4) is 0 Å². The van der Waals surface area contributed by atoms with Crippen molar-refractivity contribution < 1.29 is 23.5 Å². The molecule has 0 bridgehead atoms. The molecule has 2 aromatic carbocycles. The number of carboxylic acid groups (broad SMARTS) is 1. The molecule has 0 aliphatic heterocycles. The van der Waals surface area contributed by atoms with E-state index in [2.05, 4.69) is 5.32 Å². The molecule has 0 radical (unpaired) electrons. The Balaban J connectivity index is 2.43. The number of carbonyl (C=O) groups is 1. The Bertz CT molecular complexity index is 776. The molecule has 0 heterocycles. The summed E-state index contributed by atoms with van der Waals surface area (Å²) in [5.41, 5.74) is 1.40. The number of carboxylic acids is 1. The summed E-state index contributed by atoms with van der Waals surface area (Å²) in [5, 5.41) is 14.1. The summed E-state index contributed by atoms with van der Waals surface area (Å²) in [6, 6.07) is 15.3. The molecule has 0 aliphatic rings. The lowest BCUT2D eigenvalue weighted by Crippen LogP contribution is -2.22. The maximum Gasteiger partial charge on any atom is 0.357 e. The average Bonchev–Trinajstić information content (AvgIpc) is 2.59. The van der Waals surface area contributed by atoms with E-state index in [0.29, 0.717) is 5.69 Å². The van der Waals surface area contributed by atoms with Crippen LogP contribution in [-0.4, -0.2) is 18.2 Å². The van der Waals surface area contributed by atoms with Crippen molar-refractivity contribution in [1.29, 1.82) is 0 Å². The molecule has 2 aromatic rings. The zero-order valence-corrected chi connectivity index (χ0v) is 16.8. The van der Waals surface area contributed by atoms with Crippen LogP contribution in [0.15, 0.2) is 54.6 Å². The van der Waals surface area contributed by atoms with Crippen molar-refractivity contribution in [2.75, 3.05) is 5.32 Å². The first-order valence-electron chi connectivity index (χ1n) is 8.80. The summed E-state index contributed by atoms with van der Waals surface area (Å²) in [7, 11) is -3.60. The molecule has 7 heteroatoms. The molecule has 0 fully saturated rings. The fourth-order valence-electron chi connectivity index (χ4n) is 2.57. The van der Waals surface area contributed by atoms with Crippen molar-refractivity contribution in [1.82, 2.24) is 0 Å². The van der Waals surface area contributed by atoms with E-state index in [-0.39, 0.29) is 17.8 Å². The molecule has 0 amide bonds. The largest absolute Gasteiger partial charge is 0.545 e. The Labute approximate surface area is 160 Å². The molecule has 6 nitrogen and oxygen atoms in total. The van der Waals surface area contributed by atoms with Gasteiger partial charge in [-0.2, -0.15) is 0 Å². The molecule has 2 rings (SSSR count). The van der Waals surface area contributed by atoms with E-state index in [4.69, 9.17) is 9.05 Å². The second kappa shape index (κ2) is 9.18. The first-order valence-corrected chi connectivity index (χ1v) is 10.4. The third kappa shape index (κ3) is 5.93. The van der Waals surface area contributed by atoms with Crippen LogP contribution in [0.25, 0.3) is 0 Å². The Kier molecular flexibility index (Phi) is 7.19. The molecule has 27 heavy (non-hydrogen) atoms. The zero-order chi connectivity index (χ0) is 20.0. The van der Waals surface area contributed by atoms with Crippen LogP contribution in [0.5, 0.6) is 0 Å². The van der Waals surface area contributed by atoms with E-state index in [1.807, 2.05) is 30.3 Å². The molecule has 0 saturated carbocycles. The normalized spacial score (nSPS) is 13.0. The van der Waals surface area contributed by atoms with Crippen molar-refractivity contribution in [3.63, 3.8) is 0 Å². The van der Waals surface area contributed by atoms with E-state index in [9.17, 15) is 14.5 Å². The smallest absolute Gasteiger partial charge is 0.357 e. The van der Waals surface area contributed by atoms with Crippen LogP contribution in [0, 0.1) is 0 Å². The summed E-state index contributed by atoms with van der Waals surface area (Å²) in [4.78, 5) is 10.9. The second-order valence-corrected chi connectivity index (χ2v) is 8.69. The van der Waals surface area contributed by atoms with Gasteiger partial charge >= 0.3 is 7.60 Å². The summed E-state index contributed by atoms with van der Waals surface area (Å²) in [6.07, 6.45) is -0.605. The number of carbonyl (C=O) groups excluding carboxylic acids is 1. The number of hydrogen-bond donors (Lipinski definition) is 1. The maximum atomic E-state index is 13.7. The van der Waals surface area contributed by atoms with E-state index in [1.54, 1.807) is 39.8 Å². The quantitative estimate of drug-likeness (QED) is 0.646. The van der Waals surface area contributed by atoms with Gasteiger partial charge in [-0.05, 0) is 51.0 Å². The van der Waals surface area contributed by atoms with E-state index in [1.165, 1.54) is 12.1 Å². The highest BCUT2D eigenvalue weighted by molar-refractivity contribution is 7.54. The Morgan fingerprint density at radius 1 is 0.926 bits per heavy atom. The van der Waals surface area contributed by atoms with Gasteiger partial charge in [-0.3, -0.25) is 4.57 Å². The first kappa shape index (κ1) is 21.2. The fourth-order valence-corrected chi connectivity index (χ4v) is 4.89. The zero-order valence-electron chi connectivity index (χ0n) is 15.9. The van der Waals surface area contributed by atoms with Crippen LogP contribution < -0.4 is 10.4 Å².